The monoisotopic (exact) mass is 520 g/mol. The zero-order valence-corrected chi connectivity index (χ0v) is 21.7. The highest BCUT2D eigenvalue weighted by molar-refractivity contribution is 7.85. The minimum atomic E-state index is -4.08. The third-order valence-corrected chi connectivity index (χ3v) is 10.3. The molecule has 1 N–H and O–H groups in total. The summed E-state index contributed by atoms with van der Waals surface area (Å²) in [5.41, 5.74) is 1.14. The summed E-state index contributed by atoms with van der Waals surface area (Å²) in [6.45, 7) is 5.64. The fourth-order valence-electron chi connectivity index (χ4n) is 5.95. The lowest BCUT2D eigenvalue weighted by molar-refractivity contribution is -0.128. The summed E-state index contributed by atoms with van der Waals surface area (Å²) in [5.74, 6) is -0.101. The smallest absolute Gasteiger partial charge is 0.265 e. The standard InChI is InChI=1S/C15H13ClN2S.C10H16O4S/c16-13-4-2-1-3-12(13)14(9-17)18-7-5-15-11(10-18)6-8-19-15;1-9(2)7-3-4-10(9,8(11)5-7)6-15(12,13)14/h1-4,6,8,14H,5,7,10H2;7H,3-6H2,1-2H3,(H,12,13,14)/t;7?,10-/m.1/s1. The van der Waals surface area contributed by atoms with E-state index in [4.69, 9.17) is 16.2 Å². The first-order valence-electron chi connectivity index (χ1n) is 11.4. The van der Waals surface area contributed by atoms with E-state index < -0.39 is 21.3 Å². The average Bonchev–Trinajstić information content (AvgIpc) is 3.37. The first-order chi connectivity index (χ1) is 16.0. The van der Waals surface area contributed by atoms with Crippen molar-refractivity contribution in [2.24, 2.45) is 16.7 Å². The molecule has 1 aromatic heterocycles. The third-order valence-electron chi connectivity index (χ3n) is 8.09. The van der Waals surface area contributed by atoms with Gasteiger partial charge in [0.25, 0.3) is 10.1 Å². The summed E-state index contributed by atoms with van der Waals surface area (Å²) in [6, 6.07) is 11.9. The number of benzene rings is 1. The Morgan fingerprint density at radius 1 is 1.32 bits per heavy atom. The second kappa shape index (κ2) is 9.36. The first-order valence-corrected chi connectivity index (χ1v) is 14.3. The van der Waals surface area contributed by atoms with Crippen molar-refractivity contribution in [3.8, 4) is 6.07 Å². The van der Waals surface area contributed by atoms with Crippen LogP contribution in [0.2, 0.25) is 5.02 Å². The van der Waals surface area contributed by atoms with Crippen molar-refractivity contribution in [1.29, 1.82) is 5.26 Å². The molecule has 6 nitrogen and oxygen atoms in total. The molecule has 2 bridgehead atoms. The predicted molar refractivity (Wildman–Crippen MR) is 133 cm³/mol. The third kappa shape index (κ3) is 4.57. The summed E-state index contributed by atoms with van der Waals surface area (Å²) in [7, 11) is -4.08. The quantitative estimate of drug-likeness (QED) is 0.549. The summed E-state index contributed by atoms with van der Waals surface area (Å²) >= 11 is 8.03. The van der Waals surface area contributed by atoms with E-state index in [-0.39, 0.29) is 23.2 Å². The molecule has 3 aliphatic rings. The van der Waals surface area contributed by atoms with Gasteiger partial charge in [-0.25, -0.2) is 0 Å². The number of halogens is 1. The van der Waals surface area contributed by atoms with E-state index in [0.29, 0.717) is 17.9 Å². The Kier molecular flexibility index (Phi) is 6.98. The van der Waals surface area contributed by atoms with Crippen molar-refractivity contribution in [3.05, 3.63) is 56.7 Å². The zero-order chi connectivity index (χ0) is 24.7. The molecule has 2 unspecified atom stereocenters. The van der Waals surface area contributed by atoms with Gasteiger partial charge in [-0.05, 0) is 53.7 Å². The van der Waals surface area contributed by atoms with Crippen molar-refractivity contribution in [3.63, 3.8) is 0 Å². The number of carbonyl (C=O) groups excluding carboxylic acids is 1. The fourth-order valence-corrected chi connectivity index (χ4v) is 8.38. The second-order valence-corrected chi connectivity index (χ2v) is 12.9. The maximum atomic E-state index is 11.9. The lowest BCUT2D eigenvalue weighted by Gasteiger charge is -2.35. The highest BCUT2D eigenvalue weighted by Crippen LogP contribution is 2.64. The molecule has 0 amide bonds. The Morgan fingerprint density at radius 3 is 2.65 bits per heavy atom. The number of rotatable bonds is 4. The van der Waals surface area contributed by atoms with E-state index in [1.54, 1.807) is 0 Å². The van der Waals surface area contributed by atoms with Crippen molar-refractivity contribution < 1.29 is 17.8 Å². The van der Waals surface area contributed by atoms with E-state index >= 15 is 0 Å². The molecule has 182 valence electrons. The Labute approximate surface area is 210 Å². The van der Waals surface area contributed by atoms with Crippen LogP contribution in [0.3, 0.4) is 0 Å². The van der Waals surface area contributed by atoms with Gasteiger partial charge in [0.2, 0.25) is 0 Å². The number of thiophene rings is 1. The maximum absolute atomic E-state index is 11.9. The van der Waals surface area contributed by atoms with Crippen LogP contribution in [0.1, 0.15) is 55.2 Å². The normalized spacial score (nSPS) is 26.3. The van der Waals surface area contributed by atoms with E-state index in [1.807, 2.05) is 49.4 Å². The lowest BCUT2D eigenvalue weighted by Crippen LogP contribution is -2.42. The molecular weight excluding hydrogens is 492 g/mol. The Hall–Kier alpha value is -1.76. The Balaban J connectivity index is 0.000000166. The van der Waals surface area contributed by atoms with Gasteiger partial charge in [0.05, 0.1) is 17.2 Å². The molecule has 0 spiro atoms. The van der Waals surface area contributed by atoms with Crippen molar-refractivity contribution >= 4 is 38.8 Å². The number of hydrogen-bond donors (Lipinski definition) is 1. The molecular formula is C25H29ClN2O4S2. The first kappa shape index (κ1) is 25.3. The molecule has 1 aliphatic heterocycles. The molecule has 2 aromatic rings. The number of carbonyl (C=O) groups is 1. The number of ketones is 1. The average molecular weight is 521 g/mol. The molecule has 2 saturated carbocycles. The zero-order valence-electron chi connectivity index (χ0n) is 19.3. The highest BCUT2D eigenvalue weighted by atomic mass is 35.5. The minimum Gasteiger partial charge on any atom is -0.299 e. The van der Waals surface area contributed by atoms with Crippen molar-refractivity contribution in [1.82, 2.24) is 4.90 Å². The molecule has 0 radical (unpaired) electrons. The topological polar surface area (TPSA) is 98.5 Å². The number of fused-ring (bicyclic) bond motifs is 3. The van der Waals surface area contributed by atoms with Gasteiger partial charge in [-0.2, -0.15) is 13.7 Å². The van der Waals surface area contributed by atoms with Crippen LogP contribution in [-0.2, 0) is 27.9 Å². The van der Waals surface area contributed by atoms with E-state index in [0.717, 1.165) is 31.5 Å². The second-order valence-electron chi connectivity index (χ2n) is 10.0. The van der Waals surface area contributed by atoms with E-state index in [1.165, 1.54) is 10.4 Å². The van der Waals surface area contributed by atoms with Gasteiger partial charge in [-0.3, -0.25) is 14.2 Å². The molecule has 2 fully saturated rings. The summed E-state index contributed by atoms with van der Waals surface area (Å²) < 4.78 is 31.0. The van der Waals surface area contributed by atoms with Gasteiger partial charge in [0.15, 0.2) is 0 Å². The summed E-state index contributed by atoms with van der Waals surface area (Å²) in [4.78, 5) is 15.5. The maximum Gasteiger partial charge on any atom is 0.265 e. The van der Waals surface area contributed by atoms with Gasteiger partial charge in [-0.1, -0.05) is 43.6 Å². The molecule has 3 atom stereocenters. The number of nitrogens with zero attached hydrogens (tertiary/aromatic N) is 2. The van der Waals surface area contributed by atoms with Crippen LogP contribution in [-0.4, -0.2) is 36.0 Å². The van der Waals surface area contributed by atoms with Crippen molar-refractivity contribution in [2.45, 2.75) is 52.1 Å². The summed E-state index contributed by atoms with van der Waals surface area (Å²) in [6.07, 6.45) is 3.00. The van der Waals surface area contributed by atoms with Crippen LogP contribution in [0.15, 0.2) is 35.7 Å². The van der Waals surface area contributed by atoms with Gasteiger partial charge in [-0.15, -0.1) is 11.3 Å². The fraction of sp³-hybridized carbons (Fsp3) is 0.520. The largest absolute Gasteiger partial charge is 0.299 e. The van der Waals surface area contributed by atoms with E-state index in [9.17, 15) is 18.5 Å². The molecule has 0 saturated heterocycles. The van der Waals surface area contributed by atoms with Gasteiger partial charge in [0.1, 0.15) is 11.8 Å². The molecule has 5 rings (SSSR count). The van der Waals surface area contributed by atoms with Crippen LogP contribution < -0.4 is 0 Å². The Morgan fingerprint density at radius 2 is 2.06 bits per heavy atom. The van der Waals surface area contributed by atoms with Crippen molar-refractivity contribution in [2.75, 3.05) is 12.3 Å². The van der Waals surface area contributed by atoms with Crippen LogP contribution >= 0.6 is 22.9 Å². The molecule has 1 aromatic carbocycles. The summed E-state index contributed by atoms with van der Waals surface area (Å²) in [5, 5.41) is 12.3. The highest BCUT2D eigenvalue weighted by Gasteiger charge is 2.65. The van der Waals surface area contributed by atoms with E-state index in [2.05, 4.69) is 22.4 Å². The molecule has 2 heterocycles. The molecule has 34 heavy (non-hydrogen) atoms. The van der Waals surface area contributed by atoms with Crippen LogP contribution in [0.4, 0.5) is 0 Å². The van der Waals surface area contributed by atoms with Gasteiger partial charge < -0.3 is 0 Å². The number of hydrogen-bond acceptors (Lipinski definition) is 6. The predicted octanol–water partition coefficient (Wildman–Crippen LogP) is 5.29. The SMILES string of the molecule is CC1(C)C2CC[C@@]1(CS(=O)(=O)O)C(=O)C2.N#CC(c1ccccc1Cl)N1CCc2sccc2C1. The Bertz CT molecular complexity index is 1230. The number of nitriles is 1. The van der Waals surface area contributed by atoms with Gasteiger partial charge in [0, 0.05) is 35.0 Å². The van der Waals surface area contributed by atoms with Crippen LogP contribution in [0.5, 0.6) is 0 Å². The minimum absolute atomic E-state index is 0.0152. The molecule has 9 heteroatoms. The number of Topliss-reactive ketones (excluding diaryl/α,β-unsaturated/α-hetero) is 1. The lowest BCUT2D eigenvalue weighted by atomic mass is 9.70. The van der Waals surface area contributed by atoms with Crippen LogP contribution in [0.25, 0.3) is 0 Å². The van der Waals surface area contributed by atoms with Gasteiger partial charge >= 0.3 is 0 Å². The molecule has 2 aliphatic carbocycles. The van der Waals surface area contributed by atoms with Crippen LogP contribution in [0, 0.1) is 28.1 Å².